The van der Waals surface area contributed by atoms with Crippen molar-refractivity contribution < 1.29 is 9.53 Å². The largest absolute Gasteiger partial charge is 0.497 e. The van der Waals surface area contributed by atoms with Gasteiger partial charge in [0.2, 0.25) is 5.91 Å². The molecule has 0 aromatic heterocycles. The molecule has 3 aromatic carbocycles. The van der Waals surface area contributed by atoms with Crippen LogP contribution in [0.15, 0.2) is 84.9 Å². The number of benzene rings is 3. The van der Waals surface area contributed by atoms with Gasteiger partial charge in [-0.15, -0.1) is 0 Å². The summed E-state index contributed by atoms with van der Waals surface area (Å²) < 4.78 is 5.24. The maximum atomic E-state index is 13.0. The predicted octanol–water partition coefficient (Wildman–Crippen LogP) is 4.77. The fourth-order valence-corrected chi connectivity index (χ4v) is 3.12. The van der Waals surface area contributed by atoms with Crippen molar-refractivity contribution in [3.63, 3.8) is 0 Å². The number of nitrogens with one attached hydrogen (secondary N) is 2. The molecule has 0 unspecified atom stereocenters. The molecule has 2 N–H and O–H groups in total. The first-order valence-corrected chi connectivity index (χ1v) is 9.45. The molecular weight excluding hydrogens is 348 g/mol. The molecule has 4 nitrogen and oxygen atoms in total. The van der Waals surface area contributed by atoms with Gasteiger partial charge >= 0.3 is 0 Å². The summed E-state index contributed by atoms with van der Waals surface area (Å²) in [5.74, 6) is 0.900. The Morgan fingerprint density at radius 2 is 1.54 bits per heavy atom. The lowest BCUT2D eigenvalue weighted by Crippen LogP contribution is -2.35. The van der Waals surface area contributed by atoms with Gasteiger partial charge in [-0.3, -0.25) is 4.79 Å². The summed E-state index contributed by atoms with van der Waals surface area (Å²) in [7, 11) is 1.61. The van der Waals surface area contributed by atoms with Crippen molar-refractivity contribution in [3.8, 4) is 5.75 Å². The third-order valence-electron chi connectivity index (χ3n) is 4.73. The second kappa shape index (κ2) is 9.72. The molecule has 2 atom stereocenters. The minimum absolute atomic E-state index is 0.0975. The van der Waals surface area contributed by atoms with Crippen LogP contribution in [-0.2, 0) is 4.79 Å². The van der Waals surface area contributed by atoms with Crippen LogP contribution in [0.4, 0.5) is 5.69 Å². The lowest BCUT2D eigenvalue weighted by molar-refractivity contribution is -0.118. The van der Waals surface area contributed by atoms with Crippen molar-refractivity contribution in [1.29, 1.82) is 0 Å². The zero-order chi connectivity index (χ0) is 19.8. The second-order valence-electron chi connectivity index (χ2n) is 6.78. The van der Waals surface area contributed by atoms with E-state index in [1.165, 1.54) is 5.56 Å². The number of hydrogen-bond acceptors (Lipinski definition) is 3. The Morgan fingerprint density at radius 3 is 2.18 bits per heavy atom. The van der Waals surface area contributed by atoms with Gasteiger partial charge in [-0.2, -0.15) is 0 Å². The standard InChI is InChI=1S/C24H26N2O2/c1-18(19-10-5-3-6-11-19)17-25-23(20-12-7-4-8-13-20)24(27)26-21-14-9-15-22(16-21)28-2/h3-16,18,23,25H,17H2,1-2H3,(H,26,27)/t18-,23-/m1/s1. The molecule has 0 aliphatic carbocycles. The minimum Gasteiger partial charge on any atom is -0.497 e. The quantitative estimate of drug-likeness (QED) is 0.597. The Hall–Kier alpha value is -3.11. The van der Waals surface area contributed by atoms with E-state index < -0.39 is 6.04 Å². The number of carbonyl (C=O) groups is 1. The monoisotopic (exact) mass is 374 g/mol. The Bertz CT molecular complexity index is 881. The van der Waals surface area contributed by atoms with Crippen LogP contribution in [0.1, 0.15) is 30.0 Å². The fourth-order valence-electron chi connectivity index (χ4n) is 3.12. The van der Waals surface area contributed by atoms with Crippen LogP contribution < -0.4 is 15.4 Å². The Labute approximate surface area is 166 Å². The zero-order valence-corrected chi connectivity index (χ0v) is 16.3. The smallest absolute Gasteiger partial charge is 0.246 e. The summed E-state index contributed by atoms with van der Waals surface area (Å²) in [5, 5.41) is 6.44. The van der Waals surface area contributed by atoms with Gasteiger partial charge in [-0.05, 0) is 29.2 Å². The first-order chi connectivity index (χ1) is 13.7. The van der Waals surface area contributed by atoms with Gasteiger partial charge in [0.25, 0.3) is 0 Å². The van der Waals surface area contributed by atoms with Crippen LogP contribution in [0.2, 0.25) is 0 Å². The number of methoxy groups -OCH3 is 1. The van der Waals surface area contributed by atoms with E-state index >= 15 is 0 Å². The zero-order valence-electron chi connectivity index (χ0n) is 16.3. The SMILES string of the molecule is COc1cccc(NC(=O)[C@H](NC[C@@H](C)c2ccccc2)c2ccccc2)c1. The van der Waals surface area contributed by atoms with Crippen molar-refractivity contribution in [2.24, 2.45) is 0 Å². The summed E-state index contributed by atoms with van der Waals surface area (Å²) in [6.07, 6.45) is 0. The van der Waals surface area contributed by atoms with Gasteiger partial charge in [0.1, 0.15) is 11.8 Å². The number of carbonyl (C=O) groups excluding carboxylic acids is 1. The van der Waals surface area contributed by atoms with Gasteiger partial charge in [-0.25, -0.2) is 0 Å². The van der Waals surface area contributed by atoms with Gasteiger partial charge in [-0.1, -0.05) is 73.7 Å². The number of amides is 1. The average molecular weight is 374 g/mol. The number of hydrogen-bond donors (Lipinski definition) is 2. The van der Waals surface area contributed by atoms with Crippen LogP contribution in [0, 0.1) is 0 Å². The highest BCUT2D eigenvalue weighted by molar-refractivity contribution is 5.95. The molecule has 0 aliphatic heterocycles. The highest BCUT2D eigenvalue weighted by Gasteiger charge is 2.21. The van der Waals surface area contributed by atoms with E-state index in [0.717, 1.165) is 5.56 Å². The van der Waals surface area contributed by atoms with Gasteiger partial charge in [0.05, 0.1) is 7.11 Å². The van der Waals surface area contributed by atoms with Crippen LogP contribution >= 0.6 is 0 Å². The first-order valence-electron chi connectivity index (χ1n) is 9.45. The van der Waals surface area contributed by atoms with Gasteiger partial charge in [0.15, 0.2) is 0 Å². The molecule has 0 radical (unpaired) electrons. The fraction of sp³-hybridized carbons (Fsp3) is 0.208. The predicted molar refractivity (Wildman–Crippen MR) is 114 cm³/mol. The summed E-state index contributed by atoms with van der Waals surface area (Å²) >= 11 is 0. The Morgan fingerprint density at radius 1 is 0.893 bits per heavy atom. The highest BCUT2D eigenvalue weighted by atomic mass is 16.5. The Kier molecular flexibility index (Phi) is 6.82. The molecule has 28 heavy (non-hydrogen) atoms. The third-order valence-corrected chi connectivity index (χ3v) is 4.73. The summed E-state index contributed by atoms with van der Waals surface area (Å²) in [6.45, 7) is 2.85. The van der Waals surface area contributed by atoms with Crippen molar-refractivity contribution in [2.45, 2.75) is 18.9 Å². The lowest BCUT2D eigenvalue weighted by atomic mass is 9.99. The molecule has 0 saturated heterocycles. The molecule has 1 amide bonds. The maximum Gasteiger partial charge on any atom is 0.246 e. The maximum absolute atomic E-state index is 13.0. The number of ether oxygens (including phenoxy) is 1. The molecule has 0 bridgehead atoms. The van der Waals surface area contributed by atoms with Gasteiger partial charge < -0.3 is 15.4 Å². The van der Waals surface area contributed by atoms with Crippen molar-refractivity contribution in [1.82, 2.24) is 5.32 Å². The second-order valence-corrected chi connectivity index (χ2v) is 6.78. The number of anilines is 1. The van der Waals surface area contributed by atoms with E-state index in [-0.39, 0.29) is 11.8 Å². The lowest BCUT2D eigenvalue weighted by Gasteiger charge is -2.22. The van der Waals surface area contributed by atoms with Crippen LogP contribution in [0.5, 0.6) is 5.75 Å². The van der Waals surface area contributed by atoms with Crippen molar-refractivity contribution >= 4 is 11.6 Å². The molecule has 144 valence electrons. The minimum atomic E-state index is -0.446. The van der Waals surface area contributed by atoms with E-state index in [0.29, 0.717) is 18.0 Å². The van der Waals surface area contributed by atoms with Crippen LogP contribution in [0.25, 0.3) is 0 Å². The summed E-state index contributed by atoms with van der Waals surface area (Å²) in [4.78, 5) is 13.0. The molecule has 0 spiro atoms. The molecule has 3 aromatic rings. The normalized spacial score (nSPS) is 12.8. The topological polar surface area (TPSA) is 50.4 Å². The average Bonchev–Trinajstić information content (AvgIpc) is 2.75. The first kappa shape index (κ1) is 19.6. The molecule has 0 aliphatic rings. The van der Waals surface area contributed by atoms with E-state index in [1.54, 1.807) is 7.11 Å². The van der Waals surface area contributed by atoms with E-state index in [2.05, 4.69) is 29.7 Å². The van der Waals surface area contributed by atoms with Crippen LogP contribution in [-0.4, -0.2) is 19.6 Å². The summed E-state index contributed by atoms with van der Waals surface area (Å²) in [5.41, 5.74) is 2.89. The molecule has 3 rings (SSSR count). The van der Waals surface area contributed by atoms with Crippen molar-refractivity contribution in [3.05, 3.63) is 96.1 Å². The molecular formula is C24H26N2O2. The molecule has 4 heteroatoms. The number of rotatable bonds is 8. The van der Waals surface area contributed by atoms with Gasteiger partial charge in [0, 0.05) is 18.3 Å². The Balaban J connectivity index is 1.74. The highest BCUT2D eigenvalue weighted by Crippen LogP contribution is 2.21. The molecule has 0 saturated carbocycles. The van der Waals surface area contributed by atoms with E-state index in [1.807, 2.05) is 72.8 Å². The van der Waals surface area contributed by atoms with Crippen LogP contribution in [0.3, 0.4) is 0 Å². The van der Waals surface area contributed by atoms with E-state index in [4.69, 9.17) is 4.74 Å². The molecule has 0 fully saturated rings. The van der Waals surface area contributed by atoms with E-state index in [9.17, 15) is 4.79 Å². The molecule has 0 heterocycles. The van der Waals surface area contributed by atoms with Crippen molar-refractivity contribution in [2.75, 3.05) is 19.0 Å². The summed E-state index contributed by atoms with van der Waals surface area (Å²) in [6, 6.07) is 27.0. The third kappa shape index (κ3) is 5.21.